The summed E-state index contributed by atoms with van der Waals surface area (Å²) in [5.74, 6) is 0.468. The summed E-state index contributed by atoms with van der Waals surface area (Å²) in [5, 5.41) is 8.72. The number of carboxylic acid groups (broad SMARTS) is 1. The molecule has 0 spiro atoms. The molecule has 2 saturated carbocycles. The molecule has 3 atom stereocenters. The number of fused-ring (bicyclic) bond motifs is 2. The molecule has 55 valence electrons. The van der Waals surface area contributed by atoms with Gasteiger partial charge in [-0.05, 0) is 37.5 Å². The van der Waals surface area contributed by atoms with E-state index in [9.17, 15) is 4.79 Å². The molecule has 2 aliphatic rings. The molecule has 10 heavy (non-hydrogen) atoms. The molecule has 0 aliphatic heterocycles. The number of rotatable bonds is 1. The molecule has 2 rings (SSSR count). The molecular weight excluding hydrogens is 128 g/mol. The normalized spacial score (nSPS) is 44.2. The van der Waals surface area contributed by atoms with E-state index in [4.69, 9.17) is 5.11 Å². The number of hydrogen-bond acceptors (Lipinski definition) is 1. The van der Waals surface area contributed by atoms with Gasteiger partial charge in [0.2, 0.25) is 0 Å². The summed E-state index contributed by atoms with van der Waals surface area (Å²) in [4.78, 5) is 10.6. The molecule has 1 radical (unpaired) electrons. The van der Waals surface area contributed by atoms with Crippen LogP contribution in [0.1, 0.15) is 19.3 Å². The lowest BCUT2D eigenvalue weighted by molar-refractivity contribution is -0.142. The van der Waals surface area contributed by atoms with Gasteiger partial charge >= 0.3 is 5.97 Å². The van der Waals surface area contributed by atoms with Crippen molar-refractivity contribution in [2.45, 2.75) is 19.3 Å². The molecule has 0 heterocycles. The largest absolute Gasteiger partial charge is 0.481 e. The van der Waals surface area contributed by atoms with Crippen LogP contribution < -0.4 is 0 Å². The molecule has 2 nitrogen and oxygen atoms in total. The molecule has 2 fully saturated rings. The molecule has 0 saturated heterocycles. The zero-order valence-electron chi connectivity index (χ0n) is 5.79. The average molecular weight is 139 g/mol. The Bertz CT molecular complexity index is 165. The molecular formula is C8H11O2. The zero-order valence-corrected chi connectivity index (χ0v) is 5.79. The molecule has 0 aromatic heterocycles. The number of carboxylic acids is 1. The van der Waals surface area contributed by atoms with E-state index >= 15 is 0 Å². The van der Waals surface area contributed by atoms with Gasteiger partial charge in [0, 0.05) is 0 Å². The maximum Gasteiger partial charge on any atom is 0.306 e. The van der Waals surface area contributed by atoms with Crippen molar-refractivity contribution in [1.29, 1.82) is 0 Å². The van der Waals surface area contributed by atoms with Gasteiger partial charge in [-0.2, -0.15) is 0 Å². The fraction of sp³-hybridized carbons (Fsp3) is 0.750. The first-order valence-electron chi connectivity index (χ1n) is 3.83. The van der Waals surface area contributed by atoms with Crippen LogP contribution >= 0.6 is 0 Å². The third-order valence-corrected chi connectivity index (χ3v) is 2.80. The first-order valence-corrected chi connectivity index (χ1v) is 3.83. The Hall–Kier alpha value is -0.530. The predicted molar refractivity (Wildman–Crippen MR) is 36.3 cm³/mol. The minimum absolute atomic E-state index is 0.0428. The van der Waals surface area contributed by atoms with E-state index in [0.29, 0.717) is 11.8 Å². The van der Waals surface area contributed by atoms with Crippen molar-refractivity contribution in [1.82, 2.24) is 0 Å². The summed E-state index contributed by atoms with van der Waals surface area (Å²) < 4.78 is 0. The molecule has 0 amide bonds. The van der Waals surface area contributed by atoms with Crippen LogP contribution in [-0.4, -0.2) is 11.1 Å². The summed E-state index contributed by atoms with van der Waals surface area (Å²) in [7, 11) is 0. The number of hydrogen-bond donors (Lipinski definition) is 1. The standard InChI is InChI=1S/C8H11O2/c9-8(10)7-4-5-1-2-6(7)3-5/h2,5-7H,1,3-4H2,(H,9,10). The zero-order chi connectivity index (χ0) is 7.14. The number of carbonyl (C=O) groups is 1. The monoisotopic (exact) mass is 139 g/mol. The highest BCUT2D eigenvalue weighted by Crippen LogP contribution is 2.47. The van der Waals surface area contributed by atoms with E-state index < -0.39 is 5.97 Å². The molecule has 0 aromatic carbocycles. The highest BCUT2D eigenvalue weighted by atomic mass is 16.4. The average Bonchev–Trinajstić information content (AvgIpc) is 2.44. The van der Waals surface area contributed by atoms with E-state index in [1.54, 1.807) is 0 Å². The number of aliphatic carboxylic acids is 1. The van der Waals surface area contributed by atoms with E-state index in [1.807, 2.05) is 0 Å². The van der Waals surface area contributed by atoms with Crippen LogP contribution in [0.15, 0.2) is 0 Å². The summed E-state index contributed by atoms with van der Waals surface area (Å²) in [6.07, 6.45) is 5.41. The van der Waals surface area contributed by atoms with Crippen molar-refractivity contribution < 1.29 is 9.90 Å². The first-order chi connectivity index (χ1) is 4.77. The fourth-order valence-corrected chi connectivity index (χ4v) is 2.28. The van der Waals surface area contributed by atoms with Crippen molar-refractivity contribution in [3.05, 3.63) is 6.42 Å². The maximum absolute atomic E-state index is 10.6. The summed E-state index contributed by atoms with van der Waals surface area (Å²) >= 11 is 0. The highest BCUT2D eigenvalue weighted by molar-refractivity contribution is 5.71. The van der Waals surface area contributed by atoms with Crippen molar-refractivity contribution >= 4 is 5.97 Å². The smallest absolute Gasteiger partial charge is 0.306 e. The van der Waals surface area contributed by atoms with Crippen molar-refractivity contribution in [2.24, 2.45) is 17.8 Å². The van der Waals surface area contributed by atoms with Crippen LogP contribution in [0.2, 0.25) is 0 Å². The third-order valence-electron chi connectivity index (χ3n) is 2.80. The fourth-order valence-electron chi connectivity index (χ4n) is 2.28. The SMILES string of the molecule is O=C(O)C1CC2C[CH]C1C2. The van der Waals surface area contributed by atoms with Crippen molar-refractivity contribution in [3.8, 4) is 0 Å². The third kappa shape index (κ3) is 0.746. The lowest BCUT2D eigenvalue weighted by atomic mass is 9.89. The highest BCUT2D eigenvalue weighted by Gasteiger charge is 2.43. The Balaban J connectivity index is 2.08. The van der Waals surface area contributed by atoms with E-state index in [0.717, 1.165) is 19.3 Å². The van der Waals surface area contributed by atoms with E-state index in [1.165, 1.54) is 0 Å². The van der Waals surface area contributed by atoms with Gasteiger partial charge < -0.3 is 5.11 Å². The van der Waals surface area contributed by atoms with Gasteiger partial charge in [-0.15, -0.1) is 0 Å². The molecule has 2 heteroatoms. The second-order valence-corrected chi connectivity index (χ2v) is 3.42. The van der Waals surface area contributed by atoms with Gasteiger partial charge in [0.25, 0.3) is 0 Å². The Kier molecular flexibility index (Phi) is 1.22. The topological polar surface area (TPSA) is 37.3 Å². The van der Waals surface area contributed by atoms with Gasteiger partial charge in [0.05, 0.1) is 5.92 Å². The summed E-state index contributed by atoms with van der Waals surface area (Å²) in [5.41, 5.74) is 0. The van der Waals surface area contributed by atoms with Gasteiger partial charge in [-0.1, -0.05) is 0 Å². The van der Waals surface area contributed by atoms with Crippen molar-refractivity contribution in [3.63, 3.8) is 0 Å². The van der Waals surface area contributed by atoms with Crippen LogP contribution in [0, 0.1) is 24.2 Å². The van der Waals surface area contributed by atoms with Crippen LogP contribution in [0.4, 0.5) is 0 Å². The second kappa shape index (κ2) is 1.97. The van der Waals surface area contributed by atoms with Gasteiger partial charge in [0.1, 0.15) is 0 Å². The Morgan fingerprint density at radius 1 is 1.50 bits per heavy atom. The molecule has 1 N–H and O–H groups in total. The Morgan fingerprint density at radius 3 is 2.60 bits per heavy atom. The molecule has 3 unspecified atom stereocenters. The lowest BCUT2D eigenvalue weighted by Crippen LogP contribution is -2.20. The van der Waals surface area contributed by atoms with Gasteiger partial charge in [-0.25, -0.2) is 0 Å². The van der Waals surface area contributed by atoms with E-state index in [-0.39, 0.29) is 5.92 Å². The summed E-state index contributed by atoms with van der Waals surface area (Å²) in [6.45, 7) is 0. The lowest BCUT2D eigenvalue weighted by Gasteiger charge is -2.15. The van der Waals surface area contributed by atoms with Crippen LogP contribution in [0.5, 0.6) is 0 Å². The molecule has 2 aliphatic carbocycles. The Labute approximate surface area is 60.2 Å². The first kappa shape index (κ1) is 6.20. The minimum atomic E-state index is -0.594. The summed E-state index contributed by atoms with van der Waals surface area (Å²) in [6, 6.07) is 0. The van der Waals surface area contributed by atoms with Gasteiger partial charge in [0.15, 0.2) is 0 Å². The van der Waals surface area contributed by atoms with Crippen molar-refractivity contribution in [2.75, 3.05) is 0 Å². The van der Waals surface area contributed by atoms with Crippen LogP contribution in [-0.2, 0) is 4.79 Å². The minimum Gasteiger partial charge on any atom is -0.481 e. The quantitative estimate of drug-likeness (QED) is 0.595. The Morgan fingerprint density at radius 2 is 2.30 bits per heavy atom. The second-order valence-electron chi connectivity index (χ2n) is 3.42. The van der Waals surface area contributed by atoms with E-state index in [2.05, 4.69) is 6.42 Å². The van der Waals surface area contributed by atoms with Crippen LogP contribution in [0.3, 0.4) is 0 Å². The molecule has 2 bridgehead atoms. The van der Waals surface area contributed by atoms with Crippen LogP contribution in [0.25, 0.3) is 0 Å². The maximum atomic E-state index is 10.6. The van der Waals surface area contributed by atoms with Gasteiger partial charge in [-0.3, -0.25) is 4.79 Å². The predicted octanol–water partition coefficient (Wildman–Crippen LogP) is 1.32. The molecule has 0 aromatic rings.